The molecular weight excluding hydrogens is 216 g/mol. The number of hydrogen-bond donors (Lipinski definition) is 0. The first-order valence-corrected chi connectivity index (χ1v) is 5.51. The molecule has 0 saturated heterocycles. The molecule has 0 bridgehead atoms. The average Bonchev–Trinajstić information content (AvgIpc) is 2.84. The van der Waals surface area contributed by atoms with E-state index in [0.717, 1.165) is 22.3 Å². The maximum atomic E-state index is 11.9. The minimum absolute atomic E-state index is 0.331. The topological polar surface area (TPSA) is 35.5 Å². The molecule has 2 aliphatic heterocycles. The van der Waals surface area contributed by atoms with E-state index in [2.05, 4.69) is 5.92 Å². The number of benzene rings is 1. The van der Waals surface area contributed by atoms with Gasteiger partial charge in [-0.05, 0) is 36.6 Å². The third-order valence-electron chi connectivity index (χ3n) is 3.56. The number of fused-ring (bicyclic) bond motifs is 3. The highest BCUT2D eigenvalue weighted by Crippen LogP contribution is 2.41. The summed E-state index contributed by atoms with van der Waals surface area (Å²) in [5, 5.41) is 0. The lowest BCUT2D eigenvalue weighted by Crippen LogP contribution is -2.18. The van der Waals surface area contributed by atoms with Gasteiger partial charge in [0.1, 0.15) is 0 Å². The molecule has 0 spiro atoms. The Balaban J connectivity index is 2.35. The molecule has 0 radical (unpaired) electrons. The Morgan fingerprint density at radius 3 is 2.82 bits per heavy atom. The zero-order valence-electron chi connectivity index (χ0n) is 9.79. The summed E-state index contributed by atoms with van der Waals surface area (Å²) < 4.78 is 10.7. The molecule has 0 amide bonds. The van der Waals surface area contributed by atoms with Gasteiger partial charge in [-0.3, -0.25) is 0 Å². The van der Waals surface area contributed by atoms with Crippen LogP contribution in [0.5, 0.6) is 0 Å². The van der Waals surface area contributed by atoms with Crippen LogP contribution in [0.3, 0.4) is 0 Å². The lowest BCUT2D eigenvalue weighted by molar-refractivity contribution is 0.0239. The Kier molecular flexibility index (Phi) is 1.90. The molecule has 3 heteroatoms. The minimum atomic E-state index is -0.936. The molecule has 0 fully saturated rings. The largest absolute Gasteiger partial charge is 0.438 e. The fraction of sp³-hybridized carbons (Fsp3) is 0.357. The van der Waals surface area contributed by atoms with Crippen LogP contribution in [0, 0.1) is 19.3 Å². The Morgan fingerprint density at radius 1 is 1.41 bits per heavy atom. The summed E-state index contributed by atoms with van der Waals surface area (Å²) in [6, 6.07) is 1.95. The van der Waals surface area contributed by atoms with E-state index in [-0.39, 0.29) is 5.97 Å². The van der Waals surface area contributed by atoms with Crippen LogP contribution < -0.4 is 0 Å². The molecule has 2 heterocycles. The number of carbonyl (C=O) groups excluding carboxylic acids is 1. The third kappa shape index (κ3) is 1.19. The zero-order valence-corrected chi connectivity index (χ0v) is 9.79. The molecule has 1 aromatic rings. The standard InChI is InChI=1S/C14H12O3/c1-4-14(3)11-5-8(2)9-6-16-7-10(9)12(11)13(15)17-14/h1,5H,6-7H2,2-3H3/t14-/m1/s1. The van der Waals surface area contributed by atoms with Gasteiger partial charge >= 0.3 is 5.97 Å². The minimum Gasteiger partial charge on any atom is -0.438 e. The molecule has 1 atom stereocenters. The fourth-order valence-electron chi connectivity index (χ4n) is 2.55. The van der Waals surface area contributed by atoms with Gasteiger partial charge in [0, 0.05) is 5.56 Å². The van der Waals surface area contributed by atoms with E-state index in [1.54, 1.807) is 6.92 Å². The molecule has 0 unspecified atom stereocenters. The molecule has 2 aliphatic rings. The van der Waals surface area contributed by atoms with Crippen molar-refractivity contribution in [3.05, 3.63) is 33.9 Å². The number of ether oxygens (including phenoxy) is 2. The predicted octanol–water partition coefficient (Wildman–Crippen LogP) is 2.04. The zero-order chi connectivity index (χ0) is 12.2. The monoisotopic (exact) mass is 228 g/mol. The van der Waals surface area contributed by atoms with Crippen LogP contribution in [0.1, 0.15) is 39.5 Å². The summed E-state index contributed by atoms with van der Waals surface area (Å²) in [6.45, 7) is 4.79. The van der Waals surface area contributed by atoms with Crippen molar-refractivity contribution in [2.45, 2.75) is 32.7 Å². The van der Waals surface area contributed by atoms with Crippen LogP contribution in [-0.2, 0) is 28.3 Å². The molecule has 3 nitrogen and oxygen atoms in total. The second-order valence-corrected chi connectivity index (χ2v) is 4.63. The van der Waals surface area contributed by atoms with Crippen molar-refractivity contribution >= 4 is 5.97 Å². The van der Waals surface area contributed by atoms with Gasteiger partial charge in [0.2, 0.25) is 0 Å². The Hall–Kier alpha value is -1.79. The predicted molar refractivity (Wildman–Crippen MR) is 61.3 cm³/mol. The fourth-order valence-corrected chi connectivity index (χ4v) is 2.55. The lowest BCUT2D eigenvalue weighted by atomic mass is 9.88. The van der Waals surface area contributed by atoms with Gasteiger partial charge < -0.3 is 9.47 Å². The molecule has 0 saturated carbocycles. The van der Waals surface area contributed by atoms with E-state index >= 15 is 0 Å². The summed E-state index contributed by atoms with van der Waals surface area (Å²) in [5.74, 6) is 2.23. The van der Waals surface area contributed by atoms with Crippen molar-refractivity contribution in [3.63, 3.8) is 0 Å². The van der Waals surface area contributed by atoms with Crippen LogP contribution in [0.2, 0.25) is 0 Å². The molecule has 0 aromatic heterocycles. The van der Waals surface area contributed by atoms with E-state index in [1.165, 1.54) is 0 Å². The number of aryl methyl sites for hydroxylation is 1. The quantitative estimate of drug-likeness (QED) is 0.503. The van der Waals surface area contributed by atoms with Crippen LogP contribution in [0.25, 0.3) is 0 Å². The first-order valence-electron chi connectivity index (χ1n) is 5.51. The SMILES string of the molecule is C#C[C@@]1(C)OC(=O)c2c1cc(C)c1c2COC1. The molecular formula is C14H12O3. The molecule has 17 heavy (non-hydrogen) atoms. The number of cyclic esters (lactones) is 1. The van der Waals surface area contributed by atoms with Gasteiger partial charge in [0.15, 0.2) is 5.60 Å². The molecule has 0 N–H and O–H groups in total. The van der Waals surface area contributed by atoms with Crippen molar-refractivity contribution in [3.8, 4) is 12.3 Å². The Labute approximate surface area is 99.7 Å². The van der Waals surface area contributed by atoms with Gasteiger partial charge in [0.05, 0.1) is 18.8 Å². The van der Waals surface area contributed by atoms with Crippen molar-refractivity contribution in [1.82, 2.24) is 0 Å². The van der Waals surface area contributed by atoms with Crippen molar-refractivity contribution in [2.75, 3.05) is 0 Å². The number of rotatable bonds is 0. The maximum absolute atomic E-state index is 11.9. The maximum Gasteiger partial charge on any atom is 0.340 e. The van der Waals surface area contributed by atoms with Gasteiger partial charge in [-0.2, -0.15) is 0 Å². The molecule has 0 aliphatic carbocycles. The second-order valence-electron chi connectivity index (χ2n) is 4.63. The Morgan fingerprint density at radius 2 is 2.12 bits per heavy atom. The summed E-state index contributed by atoms with van der Waals surface area (Å²) in [6.07, 6.45) is 5.48. The van der Waals surface area contributed by atoms with E-state index < -0.39 is 5.60 Å². The highest BCUT2D eigenvalue weighted by Gasteiger charge is 2.43. The van der Waals surface area contributed by atoms with Crippen molar-refractivity contribution in [2.24, 2.45) is 0 Å². The molecule has 86 valence electrons. The summed E-state index contributed by atoms with van der Waals surface area (Å²) in [5.41, 5.74) is 3.63. The summed E-state index contributed by atoms with van der Waals surface area (Å²) in [4.78, 5) is 11.9. The van der Waals surface area contributed by atoms with Gasteiger partial charge in [-0.1, -0.05) is 5.92 Å². The van der Waals surface area contributed by atoms with E-state index in [9.17, 15) is 4.79 Å². The highest BCUT2D eigenvalue weighted by molar-refractivity contribution is 5.97. The number of terminal acetylenes is 1. The summed E-state index contributed by atoms with van der Waals surface area (Å²) in [7, 11) is 0. The number of carbonyl (C=O) groups is 1. The van der Waals surface area contributed by atoms with Gasteiger partial charge in [0.25, 0.3) is 0 Å². The highest BCUT2D eigenvalue weighted by atomic mass is 16.6. The van der Waals surface area contributed by atoms with Crippen LogP contribution in [0.15, 0.2) is 6.07 Å². The van der Waals surface area contributed by atoms with Crippen LogP contribution in [0.4, 0.5) is 0 Å². The average molecular weight is 228 g/mol. The van der Waals surface area contributed by atoms with Crippen molar-refractivity contribution in [1.29, 1.82) is 0 Å². The Bertz CT molecular complexity index is 580. The summed E-state index contributed by atoms with van der Waals surface area (Å²) >= 11 is 0. The van der Waals surface area contributed by atoms with Crippen LogP contribution in [-0.4, -0.2) is 5.97 Å². The van der Waals surface area contributed by atoms with E-state index in [0.29, 0.717) is 18.8 Å². The van der Waals surface area contributed by atoms with Gasteiger partial charge in [-0.15, -0.1) is 6.42 Å². The molecule has 1 aromatic carbocycles. The first kappa shape index (κ1) is 10.4. The number of esters is 1. The first-order chi connectivity index (χ1) is 8.07. The van der Waals surface area contributed by atoms with E-state index in [4.69, 9.17) is 15.9 Å². The third-order valence-corrected chi connectivity index (χ3v) is 3.56. The van der Waals surface area contributed by atoms with Crippen LogP contribution >= 0.6 is 0 Å². The smallest absolute Gasteiger partial charge is 0.340 e. The van der Waals surface area contributed by atoms with E-state index in [1.807, 2.05) is 13.0 Å². The number of hydrogen-bond acceptors (Lipinski definition) is 3. The normalized spacial score (nSPS) is 25.1. The second kappa shape index (κ2) is 3.12. The lowest BCUT2D eigenvalue weighted by Gasteiger charge is -2.17. The van der Waals surface area contributed by atoms with Gasteiger partial charge in [-0.25, -0.2) is 4.79 Å². The molecule has 3 rings (SSSR count). The van der Waals surface area contributed by atoms with Crippen molar-refractivity contribution < 1.29 is 14.3 Å².